The van der Waals surface area contributed by atoms with Gasteiger partial charge in [-0.1, -0.05) is 0 Å². The maximum absolute atomic E-state index is 13.9. The Morgan fingerprint density at radius 1 is 1.12 bits per heavy atom. The summed E-state index contributed by atoms with van der Waals surface area (Å²) < 4.78 is 69.1. The van der Waals surface area contributed by atoms with Gasteiger partial charge in [0.25, 0.3) is 5.89 Å². The van der Waals surface area contributed by atoms with E-state index in [1.54, 1.807) is 0 Å². The number of hydrogen-bond acceptors (Lipinski definition) is 6. The van der Waals surface area contributed by atoms with Crippen LogP contribution in [0.1, 0.15) is 18.0 Å². The highest BCUT2D eigenvalue weighted by Gasteiger charge is 2.27. The molecule has 0 unspecified atom stereocenters. The van der Waals surface area contributed by atoms with Gasteiger partial charge in [0.05, 0.1) is 17.8 Å². The summed E-state index contributed by atoms with van der Waals surface area (Å²) in [6, 6.07) is 5.66. The topological polar surface area (TPSA) is 92.4 Å². The number of halogens is 4. The number of aromatic nitrogens is 3. The Kier molecular flexibility index (Phi) is 6.67. The molecule has 1 fully saturated rings. The number of carbonyl (C=O) groups excluding carboxylic acids is 1. The summed E-state index contributed by atoms with van der Waals surface area (Å²) in [5, 5.41) is 6.81. The van der Waals surface area contributed by atoms with Gasteiger partial charge in [0, 0.05) is 53.3 Å². The molecule has 0 saturated carbocycles. The van der Waals surface area contributed by atoms with E-state index in [-0.39, 0.29) is 31.2 Å². The van der Waals surface area contributed by atoms with Crippen LogP contribution in [0.5, 0.6) is 0 Å². The van der Waals surface area contributed by atoms with Crippen LogP contribution in [0.25, 0.3) is 11.5 Å². The average Bonchev–Trinajstić information content (AvgIpc) is 3.31. The Morgan fingerprint density at radius 3 is 2.48 bits per heavy atom. The third-order valence-electron chi connectivity index (χ3n) is 4.91. The molecule has 8 nitrogen and oxygen atoms in total. The van der Waals surface area contributed by atoms with Crippen molar-refractivity contribution in [3.05, 3.63) is 59.7 Å². The van der Waals surface area contributed by atoms with E-state index in [9.17, 15) is 26.6 Å². The van der Waals surface area contributed by atoms with E-state index in [0.717, 1.165) is 12.1 Å². The fourth-order valence-electron chi connectivity index (χ4n) is 3.17. The van der Waals surface area contributed by atoms with Crippen molar-refractivity contribution in [2.45, 2.75) is 13.0 Å². The zero-order valence-corrected chi connectivity index (χ0v) is 17.8. The number of carbonyl (C=O) groups is 1. The summed E-state index contributed by atoms with van der Waals surface area (Å²) in [6.45, 7) is 0.444. The van der Waals surface area contributed by atoms with Gasteiger partial charge < -0.3 is 9.32 Å². The summed E-state index contributed by atoms with van der Waals surface area (Å²) in [6.07, 6.45) is -1.59. The SMILES string of the molecule is O=C(N1CCS(=O)CC1)N(Cc1ccc(-c2nnc(C(F)F)o2)cn1)c1ccc(F)c(F)c1. The third kappa shape index (κ3) is 5.18. The minimum absolute atomic E-state index is 0.0874. The van der Waals surface area contributed by atoms with Gasteiger partial charge in [-0.25, -0.2) is 13.6 Å². The first kappa shape index (κ1) is 22.8. The molecule has 33 heavy (non-hydrogen) atoms. The van der Waals surface area contributed by atoms with Gasteiger partial charge >= 0.3 is 12.5 Å². The van der Waals surface area contributed by atoms with Crippen molar-refractivity contribution in [2.75, 3.05) is 29.5 Å². The minimum atomic E-state index is -2.90. The molecule has 4 rings (SSSR count). The zero-order chi connectivity index (χ0) is 23.5. The Morgan fingerprint density at radius 2 is 1.88 bits per heavy atom. The van der Waals surface area contributed by atoms with Gasteiger partial charge in [-0.05, 0) is 24.3 Å². The lowest BCUT2D eigenvalue weighted by atomic mass is 10.2. The third-order valence-corrected chi connectivity index (χ3v) is 6.19. The lowest BCUT2D eigenvalue weighted by molar-refractivity contribution is 0.116. The number of amides is 2. The molecule has 1 aliphatic heterocycles. The zero-order valence-electron chi connectivity index (χ0n) is 17.0. The molecule has 0 atom stereocenters. The van der Waals surface area contributed by atoms with E-state index < -0.39 is 40.8 Å². The minimum Gasteiger partial charge on any atom is -0.415 e. The predicted molar refractivity (Wildman–Crippen MR) is 110 cm³/mol. The average molecular weight is 483 g/mol. The second kappa shape index (κ2) is 9.65. The summed E-state index contributed by atoms with van der Waals surface area (Å²) in [4.78, 5) is 20.1. The molecule has 1 aromatic carbocycles. The second-order valence-electron chi connectivity index (χ2n) is 7.09. The number of alkyl halides is 2. The van der Waals surface area contributed by atoms with E-state index in [1.807, 2.05) is 0 Å². The standard InChI is InChI=1S/C20H17F4N5O3S/c21-15-4-3-14(9-16(15)22)29(20(30)28-5-7-33(31)8-6-28)11-13-2-1-12(10-25-13)18-26-27-19(32-18)17(23)24/h1-4,9-10,17H,5-8,11H2. The van der Waals surface area contributed by atoms with Crippen LogP contribution in [0.2, 0.25) is 0 Å². The van der Waals surface area contributed by atoms with Crippen LogP contribution in [0.15, 0.2) is 40.9 Å². The van der Waals surface area contributed by atoms with Crippen LogP contribution in [-0.2, 0) is 17.3 Å². The normalized spacial score (nSPS) is 14.6. The molecule has 13 heteroatoms. The number of rotatable bonds is 5. The number of urea groups is 1. The fourth-order valence-corrected chi connectivity index (χ4v) is 4.22. The van der Waals surface area contributed by atoms with Gasteiger partial charge in [-0.3, -0.25) is 14.1 Å². The first-order valence-corrected chi connectivity index (χ1v) is 11.2. The molecule has 0 radical (unpaired) electrons. The molecular weight excluding hydrogens is 466 g/mol. The molecule has 3 heterocycles. The summed E-state index contributed by atoms with van der Waals surface area (Å²) in [7, 11) is -1.00. The number of nitrogens with zero attached hydrogens (tertiary/aromatic N) is 5. The van der Waals surface area contributed by atoms with Crippen LogP contribution >= 0.6 is 0 Å². The maximum atomic E-state index is 13.9. The summed E-state index contributed by atoms with van der Waals surface area (Å²) in [5.74, 6) is -2.46. The highest BCUT2D eigenvalue weighted by atomic mass is 32.2. The molecule has 0 aliphatic carbocycles. The van der Waals surface area contributed by atoms with Crippen molar-refractivity contribution in [1.29, 1.82) is 0 Å². The highest BCUT2D eigenvalue weighted by Crippen LogP contribution is 2.25. The Bertz CT molecular complexity index is 1160. The van der Waals surface area contributed by atoms with E-state index >= 15 is 0 Å². The Hall–Kier alpha value is -3.35. The van der Waals surface area contributed by atoms with Crippen molar-refractivity contribution in [3.8, 4) is 11.5 Å². The number of anilines is 1. The fraction of sp³-hybridized carbons (Fsp3) is 0.300. The Balaban J connectivity index is 1.58. The second-order valence-corrected chi connectivity index (χ2v) is 8.78. The van der Waals surface area contributed by atoms with Crippen molar-refractivity contribution >= 4 is 22.5 Å². The molecule has 2 aromatic heterocycles. The highest BCUT2D eigenvalue weighted by molar-refractivity contribution is 7.85. The lowest BCUT2D eigenvalue weighted by Crippen LogP contribution is -2.48. The molecule has 0 bridgehead atoms. The van der Waals surface area contributed by atoms with Gasteiger partial charge in [0.15, 0.2) is 11.6 Å². The van der Waals surface area contributed by atoms with Crippen molar-refractivity contribution in [2.24, 2.45) is 0 Å². The van der Waals surface area contributed by atoms with Crippen LogP contribution in [0, 0.1) is 11.6 Å². The number of hydrogen-bond donors (Lipinski definition) is 0. The summed E-state index contributed by atoms with van der Waals surface area (Å²) >= 11 is 0. The Labute approximate surface area is 187 Å². The predicted octanol–water partition coefficient (Wildman–Crippen LogP) is 3.54. The van der Waals surface area contributed by atoms with E-state index in [2.05, 4.69) is 15.2 Å². The van der Waals surface area contributed by atoms with Crippen molar-refractivity contribution in [3.63, 3.8) is 0 Å². The first-order valence-electron chi connectivity index (χ1n) is 9.75. The summed E-state index contributed by atoms with van der Waals surface area (Å²) in [5.41, 5.74) is 0.795. The van der Waals surface area contributed by atoms with Crippen LogP contribution in [0.3, 0.4) is 0 Å². The van der Waals surface area contributed by atoms with E-state index in [1.165, 1.54) is 34.2 Å². The molecule has 174 valence electrons. The van der Waals surface area contributed by atoms with Crippen molar-refractivity contribution in [1.82, 2.24) is 20.1 Å². The molecule has 1 aliphatic rings. The molecular formula is C20H17F4N5O3S. The molecule has 1 saturated heterocycles. The largest absolute Gasteiger partial charge is 0.415 e. The van der Waals surface area contributed by atoms with Crippen LogP contribution in [-0.4, -0.2) is 54.9 Å². The van der Waals surface area contributed by atoms with Gasteiger partial charge in [-0.15, -0.1) is 10.2 Å². The van der Waals surface area contributed by atoms with Gasteiger partial charge in [-0.2, -0.15) is 8.78 Å². The van der Waals surface area contributed by atoms with E-state index in [4.69, 9.17) is 4.42 Å². The number of benzene rings is 1. The smallest absolute Gasteiger partial charge is 0.324 e. The van der Waals surface area contributed by atoms with Crippen molar-refractivity contribution < 1.29 is 31.0 Å². The lowest BCUT2D eigenvalue weighted by Gasteiger charge is -2.32. The first-order chi connectivity index (χ1) is 15.8. The molecule has 3 aromatic rings. The maximum Gasteiger partial charge on any atom is 0.324 e. The molecule has 0 spiro atoms. The van der Waals surface area contributed by atoms with Crippen LogP contribution < -0.4 is 4.90 Å². The van der Waals surface area contributed by atoms with Crippen LogP contribution in [0.4, 0.5) is 28.0 Å². The van der Waals surface area contributed by atoms with E-state index in [0.29, 0.717) is 22.8 Å². The quantitative estimate of drug-likeness (QED) is 0.516. The van der Waals surface area contributed by atoms with Gasteiger partial charge in [0.2, 0.25) is 5.89 Å². The number of pyridine rings is 1. The molecule has 2 amide bonds. The monoisotopic (exact) mass is 483 g/mol. The van der Waals surface area contributed by atoms with Gasteiger partial charge in [0.1, 0.15) is 0 Å². The molecule has 0 N–H and O–H groups in total.